The highest BCUT2D eigenvalue weighted by Gasteiger charge is 2.17. The lowest BCUT2D eigenvalue weighted by Gasteiger charge is -2.06. The molecule has 0 radical (unpaired) electrons. The van der Waals surface area contributed by atoms with Gasteiger partial charge in [-0.25, -0.2) is 4.79 Å². The number of ketones is 1. The van der Waals surface area contributed by atoms with Gasteiger partial charge in [0.15, 0.2) is 12.4 Å². The largest absolute Gasteiger partial charge is 0.497 e. The van der Waals surface area contributed by atoms with E-state index in [2.05, 4.69) is 0 Å². The van der Waals surface area contributed by atoms with E-state index in [1.165, 1.54) is 25.3 Å². The Bertz CT molecular complexity index is 799. The van der Waals surface area contributed by atoms with E-state index in [-0.39, 0.29) is 11.3 Å². The first-order valence-electron chi connectivity index (χ1n) is 7.02. The van der Waals surface area contributed by atoms with Crippen LogP contribution in [0.3, 0.4) is 0 Å². The van der Waals surface area contributed by atoms with Crippen LogP contribution in [0.5, 0.6) is 5.75 Å². The summed E-state index contributed by atoms with van der Waals surface area (Å²) in [5, 5.41) is 10.9. The van der Waals surface area contributed by atoms with Crippen LogP contribution in [0, 0.1) is 17.0 Å². The molecule has 0 atom stereocenters. The zero-order valence-corrected chi connectivity index (χ0v) is 13.1. The number of aryl methyl sites for hydroxylation is 1. The maximum absolute atomic E-state index is 12.0. The summed E-state index contributed by atoms with van der Waals surface area (Å²) in [7, 11) is 1.48. The van der Waals surface area contributed by atoms with E-state index in [4.69, 9.17) is 9.47 Å². The Morgan fingerprint density at radius 3 is 2.54 bits per heavy atom. The molecule has 0 aliphatic rings. The Morgan fingerprint density at radius 2 is 1.88 bits per heavy atom. The second-order valence-electron chi connectivity index (χ2n) is 4.99. The minimum Gasteiger partial charge on any atom is -0.497 e. The first-order valence-corrected chi connectivity index (χ1v) is 7.02. The van der Waals surface area contributed by atoms with Gasteiger partial charge < -0.3 is 9.47 Å². The van der Waals surface area contributed by atoms with Crippen molar-refractivity contribution in [1.29, 1.82) is 0 Å². The molecule has 2 rings (SSSR count). The van der Waals surface area contributed by atoms with Crippen molar-refractivity contribution in [3.8, 4) is 5.75 Å². The summed E-state index contributed by atoms with van der Waals surface area (Å²) < 4.78 is 9.96. The molecule has 7 nitrogen and oxygen atoms in total. The summed E-state index contributed by atoms with van der Waals surface area (Å²) in [5.74, 6) is -0.681. The Hall–Kier alpha value is -3.22. The van der Waals surface area contributed by atoms with Gasteiger partial charge in [0.25, 0.3) is 5.69 Å². The Balaban J connectivity index is 2.06. The molecule has 24 heavy (non-hydrogen) atoms. The summed E-state index contributed by atoms with van der Waals surface area (Å²) in [6.07, 6.45) is 0. The molecule has 0 bridgehead atoms. The molecule has 0 fully saturated rings. The number of carbonyl (C=O) groups is 2. The lowest BCUT2D eigenvalue weighted by Crippen LogP contribution is -2.14. The predicted octanol–water partition coefficient (Wildman–Crippen LogP) is 2.95. The monoisotopic (exact) mass is 329 g/mol. The second-order valence-corrected chi connectivity index (χ2v) is 4.99. The van der Waals surface area contributed by atoms with Crippen LogP contribution in [0.25, 0.3) is 0 Å². The van der Waals surface area contributed by atoms with Gasteiger partial charge in [-0.05, 0) is 25.1 Å². The van der Waals surface area contributed by atoms with E-state index in [1.54, 1.807) is 25.1 Å². The molecule has 7 heteroatoms. The van der Waals surface area contributed by atoms with Crippen LogP contribution in [0.4, 0.5) is 5.69 Å². The third-order valence-corrected chi connectivity index (χ3v) is 3.37. The number of nitro groups is 1. The topological polar surface area (TPSA) is 95.7 Å². The van der Waals surface area contributed by atoms with Crippen molar-refractivity contribution in [2.75, 3.05) is 13.7 Å². The smallest absolute Gasteiger partial charge is 0.338 e. The van der Waals surface area contributed by atoms with Crippen molar-refractivity contribution in [2.24, 2.45) is 0 Å². The fourth-order valence-electron chi connectivity index (χ4n) is 2.03. The minimum atomic E-state index is -0.797. The zero-order valence-electron chi connectivity index (χ0n) is 13.1. The van der Waals surface area contributed by atoms with Crippen LogP contribution in [0.1, 0.15) is 26.3 Å². The molecule has 2 aromatic rings. The number of carbonyl (C=O) groups excluding carboxylic acids is 2. The zero-order chi connectivity index (χ0) is 17.7. The average Bonchev–Trinajstić information content (AvgIpc) is 2.59. The maximum Gasteiger partial charge on any atom is 0.338 e. The Morgan fingerprint density at radius 1 is 1.12 bits per heavy atom. The molecule has 0 unspecified atom stereocenters. The van der Waals surface area contributed by atoms with Crippen molar-refractivity contribution in [3.05, 3.63) is 69.3 Å². The van der Waals surface area contributed by atoms with Gasteiger partial charge in [0.2, 0.25) is 0 Å². The van der Waals surface area contributed by atoms with E-state index in [0.717, 1.165) is 6.07 Å². The first kappa shape index (κ1) is 17.1. The normalized spacial score (nSPS) is 10.1. The molecule has 0 heterocycles. The van der Waals surface area contributed by atoms with Gasteiger partial charge in [0.05, 0.1) is 17.6 Å². The highest BCUT2D eigenvalue weighted by Crippen LogP contribution is 2.20. The lowest BCUT2D eigenvalue weighted by atomic mass is 10.1. The van der Waals surface area contributed by atoms with Crippen LogP contribution in [0.15, 0.2) is 42.5 Å². The van der Waals surface area contributed by atoms with Gasteiger partial charge in [-0.2, -0.15) is 0 Å². The van der Waals surface area contributed by atoms with E-state index in [0.29, 0.717) is 16.9 Å². The number of methoxy groups -OCH3 is 1. The van der Waals surface area contributed by atoms with Crippen LogP contribution >= 0.6 is 0 Å². The number of benzene rings is 2. The molecule has 0 N–H and O–H groups in total. The van der Waals surface area contributed by atoms with E-state index < -0.39 is 23.3 Å². The fraction of sp³-hybridized carbons (Fsp3) is 0.176. The number of nitro benzene ring substituents is 1. The maximum atomic E-state index is 12.0. The number of esters is 1. The van der Waals surface area contributed by atoms with Crippen molar-refractivity contribution < 1.29 is 24.0 Å². The van der Waals surface area contributed by atoms with Gasteiger partial charge in [-0.15, -0.1) is 0 Å². The van der Waals surface area contributed by atoms with Crippen molar-refractivity contribution in [3.63, 3.8) is 0 Å². The van der Waals surface area contributed by atoms with Gasteiger partial charge in [0, 0.05) is 17.2 Å². The molecular formula is C17H15NO6. The molecule has 0 aliphatic carbocycles. The molecule has 2 aromatic carbocycles. The Kier molecular flexibility index (Phi) is 5.26. The van der Waals surface area contributed by atoms with Gasteiger partial charge in [-0.1, -0.05) is 18.2 Å². The predicted molar refractivity (Wildman–Crippen MR) is 85.4 cm³/mol. The van der Waals surface area contributed by atoms with Gasteiger partial charge in [-0.3, -0.25) is 14.9 Å². The summed E-state index contributed by atoms with van der Waals surface area (Å²) in [6, 6.07) is 10.5. The molecule has 0 aromatic heterocycles. The van der Waals surface area contributed by atoms with Gasteiger partial charge in [0.1, 0.15) is 5.75 Å². The van der Waals surface area contributed by atoms with E-state index in [1.807, 2.05) is 0 Å². The summed E-state index contributed by atoms with van der Waals surface area (Å²) in [6.45, 7) is 1.10. The molecule has 0 amide bonds. The third-order valence-electron chi connectivity index (χ3n) is 3.37. The molecular weight excluding hydrogens is 314 g/mol. The molecule has 124 valence electrons. The number of rotatable bonds is 6. The van der Waals surface area contributed by atoms with Crippen LogP contribution in [-0.2, 0) is 4.74 Å². The Labute approximate surface area is 138 Å². The number of hydrogen-bond acceptors (Lipinski definition) is 6. The minimum absolute atomic E-state index is 0.0192. The number of hydrogen-bond donors (Lipinski definition) is 0. The molecule has 0 saturated carbocycles. The SMILES string of the molecule is COc1cccc(C(=O)COC(=O)c2ccc(C)c([N+](=O)[O-])c2)c1. The number of Topliss-reactive ketones (excluding diaryl/α,β-unsaturated/α-hetero) is 1. The summed E-state index contributed by atoms with van der Waals surface area (Å²) >= 11 is 0. The summed E-state index contributed by atoms with van der Waals surface area (Å²) in [5.41, 5.74) is 0.621. The van der Waals surface area contributed by atoms with Crippen molar-refractivity contribution in [1.82, 2.24) is 0 Å². The standard InChI is InChI=1S/C17H15NO6/c1-11-6-7-13(9-15(11)18(21)22)17(20)24-10-16(19)12-4-3-5-14(8-12)23-2/h3-9H,10H2,1-2H3. The van der Waals surface area contributed by atoms with Gasteiger partial charge >= 0.3 is 5.97 Å². The highest BCUT2D eigenvalue weighted by atomic mass is 16.6. The highest BCUT2D eigenvalue weighted by molar-refractivity contribution is 5.99. The molecule has 0 aliphatic heterocycles. The van der Waals surface area contributed by atoms with Crippen molar-refractivity contribution in [2.45, 2.75) is 6.92 Å². The first-order chi connectivity index (χ1) is 11.4. The number of ether oxygens (including phenoxy) is 2. The van der Waals surface area contributed by atoms with E-state index in [9.17, 15) is 19.7 Å². The van der Waals surface area contributed by atoms with Crippen LogP contribution < -0.4 is 4.74 Å². The molecule has 0 saturated heterocycles. The molecule has 0 spiro atoms. The lowest BCUT2D eigenvalue weighted by molar-refractivity contribution is -0.385. The van der Waals surface area contributed by atoms with E-state index >= 15 is 0 Å². The van der Waals surface area contributed by atoms with Crippen LogP contribution in [0.2, 0.25) is 0 Å². The average molecular weight is 329 g/mol. The summed E-state index contributed by atoms with van der Waals surface area (Å²) in [4.78, 5) is 34.3. The second kappa shape index (κ2) is 7.36. The quantitative estimate of drug-likeness (QED) is 0.350. The van der Waals surface area contributed by atoms with Crippen LogP contribution in [-0.4, -0.2) is 30.4 Å². The third kappa shape index (κ3) is 3.95. The number of nitrogens with zero attached hydrogens (tertiary/aromatic N) is 1. The fourth-order valence-corrected chi connectivity index (χ4v) is 2.03. The van der Waals surface area contributed by atoms with Crippen molar-refractivity contribution >= 4 is 17.4 Å².